The van der Waals surface area contributed by atoms with Crippen LogP contribution >= 0.6 is 35.0 Å². The van der Waals surface area contributed by atoms with Crippen molar-refractivity contribution in [1.82, 2.24) is 14.8 Å². The number of non-ortho nitro benzene ring substituents is 1. The number of aromatic nitrogens is 3. The van der Waals surface area contributed by atoms with Gasteiger partial charge in [0, 0.05) is 30.3 Å². The predicted molar refractivity (Wildman–Crippen MR) is 127 cm³/mol. The monoisotopic (exact) mass is 511 g/mol. The second kappa shape index (κ2) is 10.7. The molecule has 10 nitrogen and oxygen atoms in total. The molecule has 0 spiro atoms. The van der Waals surface area contributed by atoms with Gasteiger partial charge in [0.1, 0.15) is 11.5 Å². The van der Waals surface area contributed by atoms with Crippen LogP contribution in [-0.4, -0.2) is 45.6 Å². The van der Waals surface area contributed by atoms with Crippen molar-refractivity contribution in [2.24, 2.45) is 0 Å². The highest BCUT2D eigenvalue weighted by Crippen LogP contribution is 2.35. The number of anilines is 1. The summed E-state index contributed by atoms with van der Waals surface area (Å²) in [6, 6.07) is 7.64. The lowest BCUT2D eigenvalue weighted by Crippen LogP contribution is -2.15. The van der Waals surface area contributed by atoms with Crippen LogP contribution < -0.4 is 14.8 Å². The molecule has 13 heteroatoms. The van der Waals surface area contributed by atoms with E-state index in [0.717, 1.165) is 17.7 Å². The number of hydrogen-bond acceptors (Lipinski definition) is 8. The molecule has 1 heterocycles. The zero-order valence-corrected chi connectivity index (χ0v) is 20.1. The van der Waals surface area contributed by atoms with Gasteiger partial charge in [-0.15, -0.1) is 10.2 Å². The molecule has 1 N–H and O–H groups in total. The molecular formula is C20H19Cl2N5O5S. The zero-order valence-electron chi connectivity index (χ0n) is 17.8. The third kappa shape index (κ3) is 5.67. The molecule has 0 saturated carbocycles. The van der Waals surface area contributed by atoms with E-state index in [4.69, 9.17) is 32.7 Å². The fourth-order valence-corrected chi connectivity index (χ4v) is 4.29. The number of halogens is 2. The molecule has 0 unspecified atom stereocenters. The molecular weight excluding hydrogens is 493 g/mol. The number of carbonyl (C=O) groups excluding carboxylic acids is 1. The molecule has 0 atom stereocenters. The Bertz CT molecular complexity index is 1160. The van der Waals surface area contributed by atoms with Crippen molar-refractivity contribution < 1.29 is 19.2 Å². The largest absolute Gasteiger partial charge is 0.497 e. The van der Waals surface area contributed by atoms with E-state index in [9.17, 15) is 14.9 Å². The van der Waals surface area contributed by atoms with Gasteiger partial charge in [0.2, 0.25) is 5.91 Å². The van der Waals surface area contributed by atoms with E-state index in [1.807, 2.05) is 23.6 Å². The van der Waals surface area contributed by atoms with Crippen LogP contribution in [0.4, 0.5) is 11.4 Å². The van der Waals surface area contributed by atoms with E-state index >= 15 is 0 Å². The summed E-state index contributed by atoms with van der Waals surface area (Å²) in [6.07, 6.45) is 0. The summed E-state index contributed by atoms with van der Waals surface area (Å²) in [5.74, 6) is 1.40. The number of rotatable bonds is 9. The van der Waals surface area contributed by atoms with Crippen LogP contribution in [0.2, 0.25) is 10.0 Å². The minimum Gasteiger partial charge on any atom is -0.497 e. The molecule has 3 aromatic rings. The number of nitrogens with one attached hydrogen (secondary N) is 1. The molecule has 33 heavy (non-hydrogen) atoms. The van der Waals surface area contributed by atoms with E-state index in [0.29, 0.717) is 29.0 Å². The average Bonchev–Trinajstić information content (AvgIpc) is 3.22. The number of nitrogens with zero attached hydrogens (tertiary/aromatic N) is 4. The smallest absolute Gasteiger partial charge is 0.272 e. The van der Waals surface area contributed by atoms with Crippen LogP contribution in [0.3, 0.4) is 0 Å². The van der Waals surface area contributed by atoms with E-state index < -0.39 is 10.8 Å². The summed E-state index contributed by atoms with van der Waals surface area (Å²) in [5, 5.41) is 22.4. The standard InChI is InChI=1S/C20H19Cl2N5O5S/c1-4-26-19(11-5-13(31-2)9-14(6-11)32-3)24-25-20(26)33-10-17(28)23-18-15(21)7-12(27(29)30)8-16(18)22/h5-9H,4,10H2,1-3H3,(H,23,28). The fourth-order valence-electron chi connectivity index (χ4n) is 2.92. The van der Waals surface area contributed by atoms with Gasteiger partial charge in [-0.2, -0.15) is 0 Å². The molecule has 0 fully saturated rings. The first-order chi connectivity index (χ1) is 15.8. The summed E-state index contributed by atoms with van der Waals surface area (Å²) < 4.78 is 12.5. The fraction of sp³-hybridized carbons (Fsp3) is 0.250. The number of amides is 1. The summed E-state index contributed by atoms with van der Waals surface area (Å²) in [4.78, 5) is 22.8. The van der Waals surface area contributed by atoms with E-state index in [2.05, 4.69) is 15.5 Å². The number of nitro benzene ring substituents is 1. The Balaban J connectivity index is 1.76. The number of ether oxygens (including phenoxy) is 2. The summed E-state index contributed by atoms with van der Waals surface area (Å²) in [6.45, 7) is 2.50. The van der Waals surface area contributed by atoms with Gasteiger partial charge in [0.25, 0.3) is 5.69 Å². The van der Waals surface area contributed by atoms with Gasteiger partial charge in [-0.25, -0.2) is 0 Å². The zero-order chi connectivity index (χ0) is 24.1. The molecule has 0 aliphatic rings. The van der Waals surface area contributed by atoms with Crippen LogP contribution in [0.15, 0.2) is 35.5 Å². The normalized spacial score (nSPS) is 10.7. The van der Waals surface area contributed by atoms with Gasteiger partial charge < -0.3 is 19.4 Å². The highest BCUT2D eigenvalue weighted by molar-refractivity contribution is 7.99. The van der Waals surface area contributed by atoms with Crippen molar-refractivity contribution in [2.45, 2.75) is 18.6 Å². The molecule has 0 aliphatic carbocycles. The van der Waals surface area contributed by atoms with Gasteiger partial charge in [-0.3, -0.25) is 14.9 Å². The maximum Gasteiger partial charge on any atom is 0.272 e. The number of methoxy groups -OCH3 is 2. The molecule has 1 amide bonds. The summed E-state index contributed by atoms with van der Waals surface area (Å²) >= 11 is 13.3. The third-order valence-corrected chi connectivity index (χ3v) is 6.04. The number of thioether (sulfide) groups is 1. The van der Waals surface area contributed by atoms with Crippen molar-refractivity contribution in [3.05, 3.63) is 50.5 Å². The van der Waals surface area contributed by atoms with Gasteiger partial charge in [-0.1, -0.05) is 35.0 Å². The van der Waals surface area contributed by atoms with Gasteiger partial charge in [-0.05, 0) is 19.1 Å². The molecule has 2 aromatic carbocycles. The second-order valence-corrected chi connectivity index (χ2v) is 8.29. The van der Waals surface area contributed by atoms with Crippen molar-refractivity contribution in [2.75, 3.05) is 25.3 Å². The van der Waals surface area contributed by atoms with E-state index in [-0.39, 0.29) is 27.2 Å². The van der Waals surface area contributed by atoms with Crippen molar-refractivity contribution in [1.29, 1.82) is 0 Å². The first kappa shape index (κ1) is 24.6. The molecule has 1 aromatic heterocycles. The maximum atomic E-state index is 12.5. The van der Waals surface area contributed by atoms with Crippen LogP contribution in [0.25, 0.3) is 11.4 Å². The Morgan fingerprint density at radius 2 is 1.73 bits per heavy atom. The Morgan fingerprint density at radius 3 is 2.24 bits per heavy atom. The Kier molecular flexibility index (Phi) is 8.01. The molecule has 0 saturated heterocycles. The van der Waals surface area contributed by atoms with Crippen molar-refractivity contribution >= 4 is 52.2 Å². The highest BCUT2D eigenvalue weighted by Gasteiger charge is 2.19. The van der Waals surface area contributed by atoms with Crippen LogP contribution in [0.1, 0.15) is 6.92 Å². The predicted octanol–water partition coefficient (Wildman–Crippen LogP) is 4.93. The Labute approximate surface area is 203 Å². The first-order valence-corrected chi connectivity index (χ1v) is 11.2. The van der Waals surface area contributed by atoms with Crippen LogP contribution in [0, 0.1) is 10.1 Å². The minimum absolute atomic E-state index is 0.0107. The maximum absolute atomic E-state index is 12.5. The third-order valence-electron chi connectivity index (χ3n) is 4.48. The van der Waals surface area contributed by atoms with Crippen LogP contribution in [0.5, 0.6) is 11.5 Å². The number of carbonyl (C=O) groups is 1. The van der Waals surface area contributed by atoms with E-state index in [1.54, 1.807) is 20.3 Å². The minimum atomic E-state index is -0.619. The summed E-state index contributed by atoms with van der Waals surface area (Å²) in [5.41, 5.74) is 0.590. The van der Waals surface area contributed by atoms with Crippen molar-refractivity contribution in [3.8, 4) is 22.9 Å². The van der Waals surface area contributed by atoms with Gasteiger partial charge >= 0.3 is 0 Å². The average molecular weight is 512 g/mol. The quantitative estimate of drug-likeness (QED) is 0.243. The van der Waals surface area contributed by atoms with Gasteiger partial charge in [0.15, 0.2) is 11.0 Å². The second-order valence-electron chi connectivity index (χ2n) is 6.53. The number of nitro groups is 1. The number of benzene rings is 2. The first-order valence-electron chi connectivity index (χ1n) is 9.50. The molecule has 0 bridgehead atoms. The van der Waals surface area contributed by atoms with Gasteiger partial charge in [0.05, 0.1) is 40.6 Å². The van der Waals surface area contributed by atoms with Crippen molar-refractivity contribution in [3.63, 3.8) is 0 Å². The SMILES string of the molecule is CCn1c(SCC(=O)Nc2c(Cl)cc([N+](=O)[O-])cc2Cl)nnc1-c1cc(OC)cc(OC)c1. The highest BCUT2D eigenvalue weighted by atomic mass is 35.5. The Hall–Kier alpha value is -3.02. The number of hydrogen-bond donors (Lipinski definition) is 1. The molecule has 174 valence electrons. The topological polar surface area (TPSA) is 121 Å². The molecule has 0 radical (unpaired) electrons. The van der Waals surface area contributed by atoms with E-state index in [1.165, 1.54) is 11.8 Å². The van der Waals surface area contributed by atoms with Crippen LogP contribution in [-0.2, 0) is 11.3 Å². The molecule has 0 aliphatic heterocycles. The molecule has 3 rings (SSSR count). The lowest BCUT2D eigenvalue weighted by atomic mass is 10.2. The Morgan fingerprint density at radius 1 is 1.12 bits per heavy atom. The lowest BCUT2D eigenvalue weighted by Gasteiger charge is -2.11. The lowest BCUT2D eigenvalue weighted by molar-refractivity contribution is -0.384. The summed E-state index contributed by atoms with van der Waals surface area (Å²) in [7, 11) is 3.12.